The van der Waals surface area contributed by atoms with Crippen LogP contribution >= 0.6 is 0 Å². The minimum atomic E-state index is 0.448. The molecule has 2 rings (SSSR count). The Morgan fingerprint density at radius 3 is 2.62 bits per heavy atom. The van der Waals surface area contributed by atoms with Crippen LogP contribution in [0.5, 0.6) is 5.88 Å². The van der Waals surface area contributed by atoms with Gasteiger partial charge in [-0.25, -0.2) is 4.98 Å². The molecular weight excluding hydrogens is 260 g/mol. The Kier molecular flexibility index (Phi) is 5.57. The predicted octanol–water partition coefficient (Wildman–Crippen LogP) is 4.16. The SMILES string of the molecule is CC(C)CCOc1nc(CNC(C)C)cc2ccccc12. The fourth-order valence-electron chi connectivity index (χ4n) is 2.12. The number of rotatable bonds is 7. The molecule has 0 saturated carbocycles. The number of aromatic nitrogens is 1. The highest BCUT2D eigenvalue weighted by Crippen LogP contribution is 2.25. The van der Waals surface area contributed by atoms with Crippen LogP contribution in [0, 0.1) is 5.92 Å². The Balaban J connectivity index is 2.22. The molecule has 1 heterocycles. The molecule has 0 spiro atoms. The van der Waals surface area contributed by atoms with Gasteiger partial charge in [0.25, 0.3) is 0 Å². The van der Waals surface area contributed by atoms with Crippen LogP contribution in [-0.4, -0.2) is 17.6 Å². The third-order valence-electron chi connectivity index (χ3n) is 3.38. The van der Waals surface area contributed by atoms with Gasteiger partial charge in [0.1, 0.15) is 0 Å². The van der Waals surface area contributed by atoms with Gasteiger partial charge in [0.05, 0.1) is 12.3 Å². The van der Waals surface area contributed by atoms with Crippen molar-refractivity contribution in [3.63, 3.8) is 0 Å². The standard InChI is InChI=1S/C18H26N2O/c1-13(2)9-10-21-18-17-8-6-5-7-15(17)11-16(20-18)12-19-14(3)4/h5-8,11,13-14,19H,9-10,12H2,1-4H3. The highest BCUT2D eigenvalue weighted by atomic mass is 16.5. The van der Waals surface area contributed by atoms with Gasteiger partial charge in [0, 0.05) is 18.0 Å². The molecule has 0 aliphatic heterocycles. The highest BCUT2D eigenvalue weighted by Gasteiger charge is 2.08. The Morgan fingerprint density at radius 1 is 1.14 bits per heavy atom. The van der Waals surface area contributed by atoms with E-state index < -0.39 is 0 Å². The summed E-state index contributed by atoms with van der Waals surface area (Å²) in [5.74, 6) is 1.40. The van der Waals surface area contributed by atoms with Crippen LogP contribution in [0.25, 0.3) is 10.8 Å². The average molecular weight is 286 g/mol. The lowest BCUT2D eigenvalue weighted by molar-refractivity contribution is 0.282. The third kappa shape index (κ3) is 4.71. The van der Waals surface area contributed by atoms with Gasteiger partial charge >= 0.3 is 0 Å². The summed E-state index contributed by atoms with van der Waals surface area (Å²) in [5, 5.41) is 5.69. The zero-order valence-corrected chi connectivity index (χ0v) is 13.5. The first-order valence-electron chi connectivity index (χ1n) is 7.81. The Morgan fingerprint density at radius 2 is 1.90 bits per heavy atom. The van der Waals surface area contributed by atoms with Gasteiger partial charge in [0.15, 0.2) is 0 Å². The average Bonchev–Trinajstić information content (AvgIpc) is 2.44. The van der Waals surface area contributed by atoms with Crippen LogP contribution in [0.15, 0.2) is 30.3 Å². The second-order valence-corrected chi connectivity index (χ2v) is 6.21. The van der Waals surface area contributed by atoms with Crippen LogP contribution < -0.4 is 10.1 Å². The number of hydrogen-bond acceptors (Lipinski definition) is 3. The quantitative estimate of drug-likeness (QED) is 0.830. The summed E-state index contributed by atoms with van der Waals surface area (Å²) in [4.78, 5) is 4.68. The molecule has 114 valence electrons. The highest BCUT2D eigenvalue weighted by molar-refractivity contribution is 5.87. The van der Waals surface area contributed by atoms with Gasteiger partial charge in [-0.3, -0.25) is 0 Å². The van der Waals surface area contributed by atoms with Crippen LogP contribution in [0.3, 0.4) is 0 Å². The van der Waals surface area contributed by atoms with Gasteiger partial charge in [-0.15, -0.1) is 0 Å². The summed E-state index contributed by atoms with van der Waals surface area (Å²) in [6, 6.07) is 10.9. The first-order chi connectivity index (χ1) is 10.1. The molecule has 1 aromatic heterocycles. The van der Waals surface area contributed by atoms with Gasteiger partial charge < -0.3 is 10.1 Å². The van der Waals surface area contributed by atoms with E-state index in [1.165, 1.54) is 5.39 Å². The molecule has 0 amide bonds. The first kappa shape index (κ1) is 15.8. The molecule has 1 N–H and O–H groups in total. The molecule has 0 aliphatic carbocycles. The number of benzene rings is 1. The van der Waals surface area contributed by atoms with E-state index in [4.69, 9.17) is 4.74 Å². The molecule has 21 heavy (non-hydrogen) atoms. The van der Waals surface area contributed by atoms with Crippen molar-refractivity contribution in [3.8, 4) is 5.88 Å². The molecule has 1 aromatic carbocycles. The lowest BCUT2D eigenvalue weighted by Gasteiger charge is -2.13. The molecule has 0 aliphatic rings. The van der Waals surface area contributed by atoms with E-state index >= 15 is 0 Å². The first-order valence-corrected chi connectivity index (χ1v) is 7.81. The summed E-state index contributed by atoms with van der Waals surface area (Å²) >= 11 is 0. The van der Waals surface area contributed by atoms with Crippen LogP contribution in [0.2, 0.25) is 0 Å². The Bertz CT molecular complexity index is 578. The van der Waals surface area contributed by atoms with Crippen molar-refractivity contribution in [1.82, 2.24) is 10.3 Å². The largest absolute Gasteiger partial charge is 0.477 e. The summed E-state index contributed by atoms with van der Waals surface area (Å²) in [5.41, 5.74) is 1.03. The molecule has 3 heteroatoms. The van der Waals surface area contributed by atoms with E-state index in [9.17, 15) is 0 Å². The summed E-state index contributed by atoms with van der Waals surface area (Å²) in [7, 11) is 0. The Hall–Kier alpha value is -1.61. The summed E-state index contributed by atoms with van der Waals surface area (Å²) in [6.45, 7) is 10.2. The van der Waals surface area contributed by atoms with Crippen LogP contribution in [0.1, 0.15) is 39.8 Å². The predicted molar refractivity (Wildman–Crippen MR) is 88.7 cm³/mol. The van der Waals surface area contributed by atoms with Gasteiger partial charge in [-0.05, 0) is 29.9 Å². The minimum Gasteiger partial charge on any atom is -0.477 e. The molecule has 2 aromatic rings. The molecule has 0 bridgehead atoms. The summed E-state index contributed by atoms with van der Waals surface area (Å²) < 4.78 is 5.94. The lowest BCUT2D eigenvalue weighted by Crippen LogP contribution is -2.22. The van der Waals surface area contributed by atoms with Crippen molar-refractivity contribution >= 4 is 10.8 Å². The van der Waals surface area contributed by atoms with Crippen molar-refractivity contribution < 1.29 is 4.74 Å². The topological polar surface area (TPSA) is 34.1 Å². The van der Waals surface area contributed by atoms with Crippen molar-refractivity contribution in [2.75, 3.05) is 6.61 Å². The molecular formula is C18H26N2O. The molecule has 0 radical (unpaired) electrons. The number of nitrogens with one attached hydrogen (secondary N) is 1. The van der Waals surface area contributed by atoms with Crippen LogP contribution in [-0.2, 0) is 6.54 Å². The van der Waals surface area contributed by atoms with Crippen LogP contribution in [0.4, 0.5) is 0 Å². The zero-order valence-electron chi connectivity index (χ0n) is 13.5. The maximum absolute atomic E-state index is 5.94. The zero-order chi connectivity index (χ0) is 15.2. The molecule has 0 fully saturated rings. The van der Waals surface area contributed by atoms with E-state index in [0.29, 0.717) is 12.0 Å². The van der Waals surface area contributed by atoms with Crippen molar-refractivity contribution in [2.45, 2.75) is 46.7 Å². The number of pyridine rings is 1. The number of nitrogens with zero attached hydrogens (tertiary/aromatic N) is 1. The maximum atomic E-state index is 5.94. The van der Waals surface area contributed by atoms with E-state index in [1.807, 2.05) is 6.07 Å². The van der Waals surface area contributed by atoms with E-state index in [-0.39, 0.29) is 0 Å². The monoisotopic (exact) mass is 286 g/mol. The smallest absolute Gasteiger partial charge is 0.221 e. The van der Waals surface area contributed by atoms with Crippen molar-refractivity contribution in [3.05, 3.63) is 36.0 Å². The summed E-state index contributed by atoms with van der Waals surface area (Å²) in [6.07, 6.45) is 1.05. The minimum absolute atomic E-state index is 0.448. The molecule has 3 nitrogen and oxygen atoms in total. The fourth-order valence-corrected chi connectivity index (χ4v) is 2.12. The molecule has 0 unspecified atom stereocenters. The van der Waals surface area contributed by atoms with E-state index in [0.717, 1.165) is 36.5 Å². The number of hydrogen-bond donors (Lipinski definition) is 1. The Labute approximate surface area is 127 Å². The maximum Gasteiger partial charge on any atom is 0.221 e. The molecule has 0 atom stereocenters. The van der Waals surface area contributed by atoms with Crippen molar-refractivity contribution in [1.29, 1.82) is 0 Å². The fraction of sp³-hybridized carbons (Fsp3) is 0.500. The lowest BCUT2D eigenvalue weighted by atomic mass is 10.1. The normalized spacial score (nSPS) is 11.5. The molecule has 0 saturated heterocycles. The van der Waals surface area contributed by atoms with E-state index in [2.05, 4.69) is 62.3 Å². The second-order valence-electron chi connectivity index (χ2n) is 6.21. The number of fused-ring (bicyclic) bond motifs is 1. The third-order valence-corrected chi connectivity index (χ3v) is 3.38. The van der Waals surface area contributed by atoms with Gasteiger partial charge in [-0.1, -0.05) is 45.9 Å². The number of ether oxygens (including phenoxy) is 1. The second kappa shape index (κ2) is 7.41. The van der Waals surface area contributed by atoms with E-state index in [1.54, 1.807) is 0 Å². The van der Waals surface area contributed by atoms with Gasteiger partial charge in [-0.2, -0.15) is 0 Å². The van der Waals surface area contributed by atoms with Crippen molar-refractivity contribution in [2.24, 2.45) is 5.92 Å². The van der Waals surface area contributed by atoms with Gasteiger partial charge in [0.2, 0.25) is 5.88 Å².